The van der Waals surface area contributed by atoms with Gasteiger partial charge in [0, 0.05) is 44.4 Å². The van der Waals surface area contributed by atoms with Crippen LogP contribution in [0.25, 0.3) is 45.6 Å². The fraction of sp³-hybridized carbons (Fsp3) is 0.466. The molecule has 2 fully saturated rings. The molecule has 0 spiro atoms. The van der Waals surface area contributed by atoms with Gasteiger partial charge in [0.15, 0.2) is 11.6 Å². The Morgan fingerprint density at radius 1 is 0.549 bits per heavy atom. The Bertz CT molecular complexity index is 4990. The van der Waals surface area contributed by atoms with Crippen LogP contribution in [0.1, 0.15) is 183 Å². The Morgan fingerprint density at radius 3 is 1.29 bits per heavy atom. The van der Waals surface area contributed by atoms with Crippen molar-refractivity contribution in [3.8, 4) is 51.6 Å². The van der Waals surface area contributed by atoms with Crippen LogP contribution in [-0.2, 0) is 42.4 Å². The third-order valence-corrected chi connectivity index (χ3v) is 17.4. The van der Waals surface area contributed by atoms with Gasteiger partial charge in [0.2, 0.25) is 11.6 Å². The molecule has 2 aliphatic heterocycles. The molecule has 0 unspecified atom stereocenters. The molecule has 0 aliphatic carbocycles. The minimum Gasteiger partial charge on any atom is -0.444 e. The van der Waals surface area contributed by atoms with Crippen LogP contribution in [-0.4, -0.2) is 198 Å². The number of carbonyl (C=O) groups is 4. The number of H-pyrrole nitrogens is 2. The van der Waals surface area contributed by atoms with Crippen LogP contribution in [0.4, 0.5) is 19.2 Å². The molecular formula is C73H93Cl5N22O13. The number of nitrogens with two attached hydrogens (primary N) is 1. The summed E-state index contributed by atoms with van der Waals surface area (Å²) in [6, 6.07) is 24.3. The summed E-state index contributed by atoms with van der Waals surface area (Å²) in [5.74, 6) is 0.732. The van der Waals surface area contributed by atoms with Crippen molar-refractivity contribution < 1.29 is 71.1 Å². The van der Waals surface area contributed by atoms with E-state index in [4.69, 9.17) is 111 Å². The number of aryl methyl sites for hydroxylation is 2. The number of benzene rings is 5. The number of aromatic nitrogens is 16. The number of nitrogens with zero attached hydrogens (tertiary/aromatic N) is 17. The number of hydrogen-bond acceptors (Lipinski definition) is 27. The van der Waals surface area contributed by atoms with Gasteiger partial charge in [-0.25, -0.2) is 28.5 Å². The first-order valence-electron chi connectivity index (χ1n) is 37.5. The van der Waals surface area contributed by atoms with Crippen molar-refractivity contribution in [2.24, 2.45) is 19.7 Å². The standard InChI is InChI=1S/C18H24ClN5O3.C17H22ClN5O3.C14H18ClN5O3.C14H17ClN2O3.C10H12ClN5O/c1-17(2,3)27-16(25)24-14(10-26-18(24,4)5)11-7-8-13(19)12(9-11)15-20-21-22-23(15)6;1-16(2,3)26-15(24)23-13(9-25-17(23,4)5)10-6-7-12(18)11(8-10)14-19-21-22-20-14;1-14(2,3)23-13(22)16-11(7-21)8-4-5-10(15)9(6-8)12-17-19-20-18-12;1-14(2,3)20-13(19)17-12(8-18)9-4-5-11(15)10(6-9)7-16;1-16-10(13-14-15-16)7-4-6(9(12)5-17)2-3-8(7)11/h7-9,14H,10H2,1-6H3;6-8,13H,9H2,1-5H3,(H,19,20,21,22);4-6,11,21H,7H2,1-3H3,(H,16,22)(H,17,18,19,20);4-6,12,18H,8H2,1-3H3,(H,17,19);2-4,9,17H,5,12H2,1H3/t14-;13-;11-;12-;9-/m11111/s1/i6D3;;;;1D3. The second-order valence-corrected chi connectivity index (χ2v) is 31.9. The lowest BCUT2D eigenvalue weighted by Crippen LogP contribution is -2.47. The SMILES string of the molecule is CC(C)(C)OC(=O)N1[C@@H](c2ccc(Cl)c(-c3nn[nH]n3)c2)COC1(C)C.CC(C)(C)OC(=O)N[C@H](CO)c1ccc(Cl)c(-c2nn[nH]n2)c1.CC(C)(C)OC(=O)N[C@H](CO)c1ccc(Cl)c(C#N)c1.[2H]C([2H])([2H])n1nnnc1-c1cc([C@H](N)CO)ccc1Cl.[2H]C([2H])([2H])n1nnnc1-c1cc([C@H]2COC(C)(C)N2C(=O)OC(C)(C)C)ccc1Cl. The van der Waals surface area contributed by atoms with Crippen LogP contribution in [0.2, 0.25) is 25.1 Å². The zero-order valence-electron chi connectivity index (χ0n) is 70.6. The maximum absolute atomic E-state index is 12.9. The predicted octanol–water partition coefficient (Wildman–Crippen LogP) is 12.5. The first-order valence-corrected chi connectivity index (χ1v) is 36.4. The molecule has 608 valence electrons. The van der Waals surface area contributed by atoms with Gasteiger partial charge in [0.25, 0.3) is 0 Å². The summed E-state index contributed by atoms with van der Waals surface area (Å²) in [4.78, 5) is 52.4. The van der Waals surface area contributed by atoms with Crippen LogP contribution in [0, 0.1) is 11.3 Å². The molecule has 40 heteroatoms. The molecule has 4 aromatic heterocycles. The van der Waals surface area contributed by atoms with Crippen molar-refractivity contribution in [3.05, 3.63) is 149 Å². The number of aromatic amines is 2. The molecule has 35 nitrogen and oxygen atoms in total. The summed E-state index contributed by atoms with van der Waals surface area (Å²) in [5, 5.41) is 92.8. The van der Waals surface area contributed by atoms with E-state index >= 15 is 0 Å². The monoisotopic (exact) mass is 1670 g/mol. The number of rotatable bonds is 14. The van der Waals surface area contributed by atoms with E-state index in [1.165, 1.54) is 11.0 Å². The molecule has 0 radical (unpaired) electrons. The number of amides is 4. The summed E-state index contributed by atoms with van der Waals surface area (Å²) in [6.07, 6.45) is -2.20. The largest absolute Gasteiger partial charge is 0.444 e. The van der Waals surface area contributed by atoms with Crippen molar-refractivity contribution in [1.29, 1.82) is 5.26 Å². The van der Waals surface area contributed by atoms with E-state index in [0.29, 0.717) is 87.5 Å². The first-order chi connectivity index (χ1) is 55.2. The number of halogens is 5. The fourth-order valence-electron chi connectivity index (χ4n) is 10.7. The third-order valence-electron chi connectivity index (χ3n) is 15.8. The van der Waals surface area contributed by atoms with E-state index in [9.17, 15) is 29.4 Å². The average Bonchev–Trinajstić information content (AvgIpc) is 1.64. The zero-order valence-corrected chi connectivity index (χ0v) is 68.4. The van der Waals surface area contributed by atoms with E-state index in [2.05, 4.69) is 82.9 Å². The third kappa shape index (κ3) is 25.3. The molecule has 11 rings (SSSR count). The highest BCUT2D eigenvalue weighted by Gasteiger charge is 2.48. The number of aliphatic hydroxyl groups is 3. The number of nitriles is 1. The van der Waals surface area contributed by atoms with E-state index in [1.807, 2.05) is 52.8 Å². The average molecular weight is 1670 g/mol. The highest BCUT2D eigenvalue weighted by molar-refractivity contribution is 6.34. The number of nitrogens with one attached hydrogen (secondary N) is 4. The van der Waals surface area contributed by atoms with E-state index < -0.39 is 96.3 Å². The lowest BCUT2D eigenvalue weighted by Gasteiger charge is -2.35. The molecule has 9 aromatic rings. The van der Waals surface area contributed by atoms with Gasteiger partial charge in [0.1, 0.15) is 39.9 Å². The Balaban J connectivity index is 0.000000207. The van der Waals surface area contributed by atoms with Gasteiger partial charge in [0.05, 0.1) is 93.9 Å². The Kier molecular flexibility index (Phi) is 27.5. The molecular weight excluding hydrogens is 1570 g/mol. The van der Waals surface area contributed by atoms with E-state index in [1.54, 1.807) is 154 Å². The zero-order chi connectivity index (χ0) is 88.9. The van der Waals surface area contributed by atoms with E-state index in [0.717, 1.165) is 10.2 Å². The molecule has 5 aromatic carbocycles. The number of tetrazole rings is 4. The Labute approximate surface area is 686 Å². The second kappa shape index (κ2) is 38.3. The number of hydrogen-bond donors (Lipinski definition) is 8. The lowest BCUT2D eigenvalue weighted by atomic mass is 10.0. The van der Waals surface area contributed by atoms with Gasteiger partial charge < -0.3 is 60.1 Å². The van der Waals surface area contributed by atoms with Gasteiger partial charge in [-0.15, -0.1) is 30.6 Å². The molecule has 9 N–H and O–H groups in total. The lowest BCUT2D eigenvalue weighted by molar-refractivity contribution is -0.0637. The molecule has 0 saturated carbocycles. The molecule has 113 heavy (non-hydrogen) atoms. The number of aliphatic hydroxyl groups excluding tert-OH is 3. The van der Waals surface area contributed by atoms with Crippen molar-refractivity contribution in [2.75, 3.05) is 33.0 Å². The maximum Gasteiger partial charge on any atom is 0.413 e. The van der Waals surface area contributed by atoms with Gasteiger partial charge in [-0.1, -0.05) is 88.3 Å². The predicted molar refractivity (Wildman–Crippen MR) is 418 cm³/mol. The highest BCUT2D eigenvalue weighted by atomic mass is 35.5. The van der Waals surface area contributed by atoms with Crippen molar-refractivity contribution >= 4 is 82.4 Å². The molecule has 5 atom stereocenters. The number of ether oxygens (including phenoxy) is 6. The van der Waals surface area contributed by atoms with Crippen molar-refractivity contribution in [3.63, 3.8) is 0 Å². The van der Waals surface area contributed by atoms with Crippen molar-refractivity contribution in [2.45, 2.75) is 175 Å². The number of alkyl carbamates (subject to hydrolysis) is 2. The van der Waals surface area contributed by atoms with Gasteiger partial charge in [-0.05, 0) is 231 Å². The highest BCUT2D eigenvalue weighted by Crippen LogP contribution is 2.43. The van der Waals surface area contributed by atoms with Crippen LogP contribution in [0.15, 0.2) is 91.0 Å². The summed E-state index contributed by atoms with van der Waals surface area (Å²) in [7, 11) is 0. The summed E-state index contributed by atoms with van der Waals surface area (Å²) in [5.41, 5.74) is 7.02. The molecule has 6 heterocycles. The topological polar surface area (TPSA) is 461 Å². The van der Waals surface area contributed by atoms with E-state index in [-0.39, 0.29) is 54.7 Å². The first kappa shape index (κ1) is 81.2. The smallest absolute Gasteiger partial charge is 0.413 e. The van der Waals surface area contributed by atoms with Crippen LogP contribution < -0.4 is 16.4 Å². The normalized spacial score (nSPS) is 16.8. The minimum atomic E-state index is -2.57. The summed E-state index contributed by atoms with van der Waals surface area (Å²) < 4.78 is 79.6. The summed E-state index contributed by atoms with van der Waals surface area (Å²) in [6.45, 7) is 23.3. The molecule has 4 amide bonds. The van der Waals surface area contributed by atoms with Gasteiger partial charge in [-0.3, -0.25) is 9.80 Å². The van der Waals surface area contributed by atoms with Crippen LogP contribution in [0.5, 0.6) is 0 Å². The molecule has 2 saturated heterocycles. The number of carbonyl (C=O) groups excluding carboxylic acids is 4. The maximum atomic E-state index is 12.9. The fourth-order valence-corrected chi connectivity index (χ4v) is 11.7. The minimum absolute atomic E-state index is 0.00356. The quantitative estimate of drug-likeness (QED) is 0.0469. The molecule has 2 aliphatic rings. The van der Waals surface area contributed by atoms with Gasteiger partial charge in [-0.2, -0.15) is 15.7 Å². The van der Waals surface area contributed by atoms with Crippen molar-refractivity contribution in [1.82, 2.24) is 102 Å². The van der Waals surface area contributed by atoms with Crippen LogP contribution in [0.3, 0.4) is 0 Å². The van der Waals surface area contributed by atoms with Gasteiger partial charge >= 0.3 is 24.4 Å². The van der Waals surface area contributed by atoms with Crippen LogP contribution >= 0.6 is 58.0 Å². The second-order valence-electron chi connectivity index (χ2n) is 29.9. The Hall–Kier alpha value is -9.84. The summed E-state index contributed by atoms with van der Waals surface area (Å²) >= 11 is 30.6. The Morgan fingerprint density at radius 2 is 0.912 bits per heavy atom. The molecule has 0 bridgehead atoms.